The second-order valence-corrected chi connectivity index (χ2v) is 4.68. The van der Waals surface area contributed by atoms with Crippen LogP contribution in [0.1, 0.15) is 37.0 Å². The third-order valence-electron chi connectivity index (χ3n) is 3.60. The first-order valence-electron chi connectivity index (χ1n) is 6.78. The van der Waals surface area contributed by atoms with Crippen molar-refractivity contribution < 1.29 is 14.3 Å². The van der Waals surface area contributed by atoms with E-state index in [1.807, 2.05) is 0 Å². The van der Waals surface area contributed by atoms with Gasteiger partial charge in [0.15, 0.2) is 11.5 Å². The van der Waals surface area contributed by atoms with Crippen LogP contribution < -0.4 is 15.2 Å². The molecule has 1 rings (SSSR count). The molecule has 5 heteroatoms. The van der Waals surface area contributed by atoms with Gasteiger partial charge in [-0.15, -0.1) is 0 Å². The number of amides is 1. The van der Waals surface area contributed by atoms with Crippen LogP contribution in [0.25, 0.3) is 0 Å². The van der Waals surface area contributed by atoms with Crippen molar-refractivity contribution in [3.63, 3.8) is 0 Å². The minimum Gasteiger partial charge on any atom is -0.493 e. The van der Waals surface area contributed by atoms with Crippen LogP contribution >= 0.6 is 0 Å². The summed E-state index contributed by atoms with van der Waals surface area (Å²) in [6.07, 6.45) is 1.82. The van der Waals surface area contributed by atoms with Gasteiger partial charge in [-0.1, -0.05) is 13.8 Å². The number of rotatable bonds is 6. The number of nitrogen functional groups attached to an aromatic ring is 1. The maximum absolute atomic E-state index is 12.5. The molecule has 2 N–H and O–H groups in total. The van der Waals surface area contributed by atoms with Crippen LogP contribution in [-0.4, -0.2) is 38.1 Å². The monoisotopic (exact) mass is 280 g/mol. The number of hydrogen-bond donors (Lipinski definition) is 1. The summed E-state index contributed by atoms with van der Waals surface area (Å²) in [5.74, 6) is 0.923. The summed E-state index contributed by atoms with van der Waals surface area (Å²) in [5, 5.41) is 0. The van der Waals surface area contributed by atoms with Crippen molar-refractivity contribution >= 4 is 11.6 Å². The van der Waals surface area contributed by atoms with E-state index in [-0.39, 0.29) is 11.9 Å². The molecule has 0 aromatic heterocycles. The predicted molar refractivity (Wildman–Crippen MR) is 80.4 cm³/mol. The molecule has 0 radical (unpaired) electrons. The first-order valence-corrected chi connectivity index (χ1v) is 6.78. The Balaban J connectivity index is 3.15. The minimum absolute atomic E-state index is 0.0999. The fourth-order valence-corrected chi connectivity index (χ4v) is 2.27. The van der Waals surface area contributed by atoms with Gasteiger partial charge in [-0.2, -0.15) is 0 Å². The number of methoxy groups -OCH3 is 2. The van der Waals surface area contributed by atoms with E-state index in [4.69, 9.17) is 15.2 Å². The number of nitrogens with two attached hydrogens (primary N) is 1. The van der Waals surface area contributed by atoms with Gasteiger partial charge in [0.05, 0.1) is 19.8 Å². The highest BCUT2D eigenvalue weighted by Gasteiger charge is 2.22. The van der Waals surface area contributed by atoms with Gasteiger partial charge in [0, 0.05) is 24.8 Å². The fraction of sp³-hybridized carbons (Fsp3) is 0.533. The third kappa shape index (κ3) is 3.15. The highest BCUT2D eigenvalue weighted by molar-refractivity contribution is 6.00. The molecule has 1 aromatic carbocycles. The highest BCUT2D eigenvalue weighted by atomic mass is 16.5. The van der Waals surface area contributed by atoms with Crippen molar-refractivity contribution in [1.29, 1.82) is 0 Å². The Labute approximate surface area is 120 Å². The van der Waals surface area contributed by atoms with Gasteiger partial charge in [0.2, 0.25) is 0 Å². The highest BCUT2D eigenvalue weighted by Crippen LogP contribution is 2.32. The van der Waals surface area contributed by atoms with Crippen LogP contribution in [0.4, 0.5) is 5.69 Å². The maximum atomic E-state index is 12.5. The molecule has 5 nitrogen and oxygen atoms in total. The Morgan fingerprint density at radius 1 is 1.20 bits per heavy atom. The van der Waals surface area contributed by atoms with Crippen molar-refractivity contribution in [2.24, 2.45) is 0 Å². The Bertz CT molecular complexity index is 470. The molecule has 0 bridgehead atoms. The van der Waals surface area contributed by atoms with E-state index in [0.717, 1.165) is 12.8 Å². The average Bonchev–Trinajstić information content (AvgIpc) is 2.47. The predicted octanol–water partition coefficient (Wildman–Crippen LogP) is 2.55. The van der Waals surface area contributed by atoms with Crippen LogP contribution in [0.3, 0.4) is 0 Å². The molecular formula is C15H24N2O3. The molecule has 0 aliphatic heterocycles. The number of carbonyl (C=O) groups excluding carboxylic acids is 1. The minimum atomic E-state index is -0.0999. The number of nitrogens with zero attached hydrogens (tertiary/aromatic N) is 1. The largest absolute Gasteiger partial charge is 0.493 e. The third-order valence-corrected chi connectivity index (χ3v) is 3.60. The molecule has 0 saturated carbocycles. The van der Waals surface area contributed by atoms with E-state index in [9.17, 15) is 4.79 Å². The molecule has 0 spiro atoms. The Morgan fingerprint density at radius 2 is 1.70 bits per heavy atom. The van der Waals surface area contributed by atoms with Gasteiger partial charge >= 0.3 is 0 Å². The molecule has 1 amide bonds. The Morgan fingerprint density at radius 3 is 2.15 bits per heavy atom. The number of hydrogen-bond acceptors (Lipinski definition) is 4. The summed E-state index contributed by atoms with van der Waals surface area (Å²) < 4.78 is 10.4. The lowest BCUT2D eigenvalue weighted by atomic mass is 10.1. The molecule has 0 unspecified atom stereocenters. The lowest BCUT2D eigenvalue weighted by Gasteiger charge is -2.27. The summed E-state index contributed by atoms with van der Waals surface area (Å²) in [6.45, 7) is 4.13. The first-order chi connectivity index (χ1) is 9.49. The molecule has 20 heavy (non-hydrogen) atoms. The van der Waals surface area contributed by atoms with Gasteiger partial charge in [-0.3, -0.25) is 4.79 Å². The van der Waals surface area contributed by atoms with Gasteiger partial charge in [0.25, 0.3) is 5.91 Å². The summed E-state index contributed by atoms with van der Waals surface area (Å²) in [6, 6.07) is 3.46. The molecule has 112 valence electrons. The second-order valence-electron chi connectivity index (χ2n) is 4.68. The fourth-order valence-electron chi connectivity index (χ4n) is 2.27. The molecule has 0 saturated heterocycles. The summed E-state index contributed by atoms with van der Waals surface area (Å²) in [5.41, 5.74) is 6.79. The first kappa shape index (κ1) is 16.1. The summed E-state index contributed by atoms with van der Waals surface area (Å²) in [4.78, 5) is 14.3. The van der Waals surface area contributed by atoms with Gasteiger partial charge < -0.3 is 20.1 Å². The van der Waals surface area contributed by atoms with E-state index in [2.05, 4.69) is 13.8 Å². The number of anilines is 1. The van der Waals surface area contributed by atoms with Gasteiger partial charge in [0.1, 0.15) is 0 Å². The quantitative estimate of drug-likeness (QED) is 0.813. The lowest BCUT2D eigenvalue weighted by Crippen LogP contribution is -2.36. The van der Waals surface area contributed by atoms with E-state index >= 15 is 0 Å². The van der Waals surface area contributed by atoms with Crippen LogP contribution in [-0.2, 0) is 0 Å². The summed E-state index contributed by atoms with van der Waals surface area (Å²) >= 11 is 0. The van der Waals surface area contributed by atoms with Crippen LogP contribution in [0.15, 0.2) is 12.1 Å². The molecule has 0 aliphatic carbocycles. The topological polar surface area (TPSA) is 64.8 Å². The summed E-state index contributed by atoms with van der Waals surface area (Å²) in [7, 11) is 4.87. The van der Waals surface area contributed by atoms with E-state index in [1.165, 1.54) is 14.2 Å². The van der Waals surface area contributed by atoms with Crippen molar-refractivity contribution in [2.75, 3.05) is 27.0 Å². The maximum Gasteiger partial charge on any atom is 0.256 e. The van der Waals surface area contributed by atoms with E-state index in [1.54, 1.807) is 24.1 Å². The Hall–Kier alpha value is -1.91. The zero-order valence-electron chi connectivity index (χ0n) is 12.9. The van der Waals surface area contributed by atoms with Gasteiger partial charge in [-0.25, -0.2) is 0 Å². The van der Waals surface area contributed by atoms with Gasteiger partial charge in [-0.05, 0) is 18.9 Å². The van der Waals surface area contributed by atoms with Crippen LogP contribution in [0, 0.1) is 0 Å². The number of benzene rings is 1. The van der Waals surface area contributed by atoms with Crippen LogP contribution in [0.5, 0.6) is 11.5 Å². The zero-order chi connectivity index (χ0) is 15.3. The Kier molecular flexibility index (Phi) is 5.67. The normalized spacial score (nSPS) is 10.5. The SMILES string of the molecule is CCC(CC)N(C)C(=O)c1cc(OC)c(OC)cc1N. The van der Waals surface area contributed by atoms with Crippen molar-refractivity contribution in [3.05, 3.63) is 17.7 Å². The smallest absolute Gasteiger partial charge is 0.256 e. The van der Waals surface area contributed by atoms with E-state index in [0.29, 0.717) is 22.7 Å². The lowest BCUT2D eigenvalue weighted by molar-refractivity contribution is 0.0724. The molecular weight excluding hydrogens is 256 g/mol. The number of carbonyl (C=O) groups is 1. The van der Waals surface area contributed by atoms with Crippen LogP contribution in [0.2, 0.25) is 0 Å². The molecule has 1 aromatic rings. The van der Waals surface area contributed by atoms with E-state index < -0.39 is 0 Å². The van der Waals surface area contributed by atoms with Crippen molar-refractivity contribution in [1.82, 2.24) is 4.90 Å². The molecule has 0 aliphatic rings. The molecule has 0 fully saturated rings. The second kappa shape index (κ2) is 7.03. The molecule has 0 atom stereocenters. The zero-order valence-corrected chi connectivity index (χ0v) is 12.9. The molecule has 0 heterocycles. The van der Waals surface area contributed by atoms with Crippen molar-refractivity contribution in [2.45, 2.75) is 32.7 Å². The standard InChI is InChI=1S/C15H24N2O3/c1-6-10(7-2)17(3)15(18)11-8-13(19-4)14(20-5)9-12(11)16/h8-10H,6-7,16H2,1-5H3. The average molecular weight is 280 g/mol. The number of ether oxygens (including phenoxy) is 2. The van der Waals surface area contributed by atoms with Crippen molar-refractivity contribution in [3.8, 4) is 11.5 Å².